The number of anilines is 3. The van der Waals surface area contributed by atoms with Crippen LogP contribution in [0.2, 0.25) is 0 Å². The molecule has 210 valence electrons. The third-order valence-electron chi connectivity index (χ3n) is 6.42. The van der Waals surface area contributed by atoms with Gasteiger partial charge in [-0.05, 0) is 64.8 Å². The average Bonchev–Trinajstić information content (AvgIpc) is 3.47. The van der Waals surface area contributed by atoms with Crippen LogP contribution in [-0.2, 0) is 11.2 Å². The zero-order valence-corrected chi connectivity index (χ0v) is 24.4. The van der Waals surface area contributed by atoms with Gasteiger partial charge in [0.05, 0.1) is 5.69 Å². The van der Waals surface area contributed by atoms with E-state index in [1.54, 1.807) is 35.0 Å². The van der Waals surface area contributed by atoms with Gasteiger partial charge in [-0.25, -0.2) is 4.98 Å². The minimum Gasteiger partial charge on any atom is -0.492 e. The number of amidine groups is 1. The number of halogens is 1. The summed E-state index contributed by atoms with van der Waals surface area (Å²) in [5, 5.41) is 35.9. The van der Waals surface area contributed by atoms with Crippen LogP contribution in [0.15, 0.2) is 35.3 Å². The largest absolute Gasteiger partial charge is 0.492 e. The van der Waals surface area contributed by atoms with Crippen LogP contribution in [0.1, 0.15) is 46.1 Å². The number of aliphatic hydroxyl groups is 1. The second kappa shape index (κ2) is 13.0. The van der Waals surface area contributed by atoms with Gasteiger partial charge in [0.1, 0.15) is 34.1 Å². The van der Waals surface area contributed by atoms with Crippen molar-refractivity contribution >= 4 is 68.2 Å². The zero-order valence-electron chi connectivity index (χ0n) is 22.0. The molecule has 0 bridgehead atoms. The molecule has 3 heterocycles. The molecular formula is C27H30BrN7O4S. The van der Waals surface area contributed by atoms with Crippen LogP contribution < -0.4 is 15.5 Å². The van der Waals surface area contributed by atoms with Crippen LogP contribution in [0.25, 0.3) is 6.08 Å². The van der Waals surface area contributed by atoms with Crippen molar-refractivity contribution in [2.75, 3.05) is 29.9 Å². The Labute approximate surface area is 244 Å². The molecule has 0 radical (unpaired) electrons. The third-order valence-corrected chi connectivity index (χ3v) is 7.44. The number of aryl methyl sites for hydroxylation is 1. The molecule has 1 unspecified atom stereocenters. The number of rotatable bonds is 11. The molecule has 0 spiro atoms. The standard InChI is InChI=1S/C27H30BrN7O4S/c1-3-12-34(15-36)13-11-30-24(29)22-25(38)33-40-26(22)32-20-8-7-16(2)23(31-20)27(39)35-19-6-4-5-17(9-10-28)18(19)14-21(35)37/h4-10,15,21,37H,3,11-14H2,1-2H3,(H2,29,30)(H,31,32)(H,33,38)/b10-9+. The Bertz CT molecular complexity index is 1440. The van der Waals surface area contributed by atoms with Crippen LogP contribution in [0.5, 0.6) is 5.88 Å². The van der Waals surface area contributed by atoms with Crippen molar-refractivity contribution in [1.82, 2.24) is 19.6 Å². The Morgan fingerprint density at radius 3 is 2.85 bits per heavy atom. The lowest BCUT2D eigenvalue weighted by Gasteiger charge is -2.22. The summed E-state index contributed by atoms with van der Waals surface area (Å²) in [6.07, 6.45) is 2.73. The van der Waals surface area contributed by atoms with E-state index in [1.165, 1.54) is 4.90 Å². The number of aromatic hydroxyl groups is 1. The lowest BCUT2D eigenvalue weighted by Crippen LogP contribution is -2.38. The minimum absolute atomic E-state index is 0.0651. The predicted molar refractivity (Wildman–Crippen MR) is 160 cm³/mol. The normalized spacial score (nSPS) is 14.3. The molecule has 3 aromatic rings. The van der Waals surface area contributed by atoms with E-state index in [0.29, 0.717) is 48.1 Å². The number of carbonyl (C=O) groups excluding carboxylic acids is 2. The summed E-state index contributed by atoms with van der Waals surface area (Å²) in [5.41, 5.74) is 3.34. The summed E-state index contributed by atoms with van der Waals surface area (Å²) in [4.78, 5) is 34.0. The SMILES string of the molecule is CCCN(C=O)CCNC(=N)c1c(O)nsc1Nc1ccc(C)c(C(=O)N2c3cccc(/C=C/Br)c3CC2O)n1. The molecule has 1 atom stereocenters. The van der Waals surface area contributed by atoms with Crippen molar-refractivity contribution in [2.45, 2.75) is 32.9 Å². The summed E-state index contributed by atoms with van der Waals surface area (Å²) in [6.45, 7) is 5.09. The number of carbonyl (C=O) groups is 2. The van der Waals surface area contributed by atoms with Gasteiger partial charge in [0.25, 0.3) is 5.91 Å². The van der Waals surface area contributed by atoms with Crippen molar-refractivity contribution in [1.29, 1.82) is 5.41 Å². The van der Waals surface area contributed by atoms with Crippen LogP contribution in [-0.4, -0.2) is 68.5 Å². The van der Waals surface area contributed by atoms with Gasteiger partial charge in [-0.3, -0.25) is 19.9 Å². The van der Waals surface area contributed by atoms with E-state index in [2.05, 4.69) is 35.9 Å². The molecule has 2 aromatic heterocycles. The number of nitrogens with one attached hydrogen (secondary N) is 3. The number of hydrogen-bond donors (Lipinski definition) is 5. The van der Waals surface area contributed by atoms with E-state index in [4.69, 9.17) is 5.41 Å². The predicted octanol–water partition coefficient (Wildman–Crippen LogP) is 3.97. The fraction of sp³-hybridized carbons (Fsp3) is 0.296. The van der Waals surface area contributed by atoms with E-state index < -0.39 is 12.1 Å². The number of nitrogens with zero attached hydrogens (tertiary/aromatic N) is 4. The van der Waals surface area contributed by atoms with E-state index in [0.717, 1.165) is 35.5 Å². The molecule has 0 saturated carbocycles. The molecule has 0 saturated heterocycles. The highest BCUT2D eigenvalue weighted by Gasteiger charge is 2.35. The molecule has 40 heavy (non-hydrogen) atoms. The lowest BCUT2D eigenvalue weighted by molar-refractivity contribution is -0.118. The first-order chi connectivity index (χ1) is 19.3. The fourth-order valence-electron chi connectivity index (χ4n) is 4.50. The molecule has 0 fully saturated rings. The van der Waals surface area contributed by atoms with Gasteiger partial charge in [-0.1, -0.05) is 41.1 Å². The van der Waals surface area contributed by atoms with E-state index in [1.807, 2.05) is 25.1 Å². The van der Waals surface area contributed by atoms with Gasteiger partial charge in [0, 0.05) is 26.1 Å². The zero-order chi connectivity index (χ0) is 28.8. The second-order valence-electron chi connectivity index (χ2n) is 9.14. The number of fused-ring (bicyclic) bond motifs is 1. The topological polar surface area (TPSA) is 155 Å². The number of amides is 2. The van der Waals surface area contributed by atoms with Gasteiger partial charge >= 0.3 is 0 Å². The molecule has 4 rings (SSSR count). The molecule has 1 aromatic carbocycles. The lowest BCUT2D eigenvalue weighted by atomic mass is 10.0. The van der Waals surface area contributed by atoms with Crippen molar-refractivity contribution < 1.29 is 19.8 Å². The molecule has 0 aliphatic carbocycles. The highest BCUT2D eigenvalue weighted by Crippen LogP contribution is 2.36. The van der Waals surface area contributed by atoms with Gasteiger partial charge in [0.15, 0.2) is 0 Å². The molecule has 13 heteroatoms. The maximum Gasteiger partial charge on any atom is 0.279 e. The first kappa shape index (κ1) is 29.2. The number of aliphatic hydroxyl groups excluding tert-OH is 1. The first-order valence-electron chi connectivity index (χ1n) is 12.6. The summed E-state index contributed by atoms with van der Waals surface area (Å²) >= 11 is 4.23. The fourth-order valence-corrected chi connectivity index (χ4v) is 5.49. The van der Waals surface area contributed by atoms with Crippen molar-refractivity contribution in [3.8, 4) is 5.88 Å². The highest BCUT2D eigenvalue weighted by molar-refractivity contribution is 9.11. The maximum atomic E-state index is 13.7. The Balaban J connectivity index is 1.54. The molecule has 11 nitrogen and oxygen atoms in total. The van der Waals surface area contributed by atoms with Crippen LogP contribution in [0, 0.1) is 12.3 Å². The van der Waals surface area contributed by atoms with Crippen molar-refractivity contribution in [2.24, 2.45) is 0 Å². The molecule has 2 amide bonds. The minimum atomic E-state index is -1.03. The third kappa shape index (κ3) is 6.16. The summed E-state index contributed by atoms with van der Waals surface area (Å²) in [5.74, 6) is -0.517. The Morgan fingerprint density at radius 2 is 2.12 bits per heavy atom. The van der Waals surface area contributed by atoms with E-state index in [9.17, 15) is 19.8 Å². The summed E-state index contributed by atoms with van der Waals surface area (Å²) < 4.78 is 3.96. The van der Waals surface area contributed by atoms with Crippen LogP contribution in [0.4, 0.5) is 16.5 Å². The van der Waals surface area contributed by atoms with E-state index in [-0.39, 0.29) is 23.0 Å². The number of aromatic nitrogens is 2. The van der Waals surface area contributed by atoms with Crippen molar-refractivity contribution in [3.63, 3.8) is 0 Å². The first-order valence-corrected chi connectivity index (χ1v) is 14.3. The summed E-state index contributed by atoms with van der Waals surface area (Å²) in [7, 11) is 0. The Hall–Kier alpha value is -3.81. The van der Waals surface area contributed by atoms with Crippen molar-refractivity contribution in [3.05, 3.63) is 63.3 Å². The smallest absolute Gasteiger partial charge is 0.279 e. The number of hydrogen-bond acceptors (Lipinski definition) is 9. The second-order valence-corrected chi connectivity index (χ2v) is 10.4. The number of pyridine rings is 1. The maximum absolute atomic E-state index is 13.7. The van der Waals surface area contributed by atoms with Crippen LogP contribution in [0.3, 0.4) is 0 Å². The molecular weight excluding hydrogens is 598 g/mol. The Kier molecular flexibility index (Phi) is 9.50. The average molecular weight is 629 g/mol. The molecule has 1 aliphatic rings. The van der Waals surface area contributed by atoms with Gasteiger partial charge in [-0.15, -0.1) is 0 Å². The summed E-state index contributed by atoms with van der Waals surface area (Å²) in [6, 6.07) is 8.97. The number of benzene rings is 1. The van der Waals surface area contributed by atoms with Gasteiger partial charge in [-0.2, -0.15) is 4.37 Å². The highest BCUT2D eigenvalue weighted by atomic mass is 79.9. The quantitative estimate of drug-likeness (QED) is 0.121. The molecule has 5 N–H and O–H groups in total. The van der Waals surface area contributed by atoms with Gasteiger partial charge < -0.3 is 25.7 Å². The van der Waals surface area contributed by atoms with E-state index >= 15 is 0 Å². The van der Waals surface area contributed by atoms with Gasteiger partial charge in [0.2, 0.25) is 12.3 Å². The monoisotopic (exact) mass is 627 g/mol. The molecule has 1 aliphatic heterocycles. The van der Waals surface area contributed by atoms with Crippen LogP contribution >= 0.6 is 27.5 Å². The Morgan fingerprint density at radius 1 is 1.32 bits per heavy atom.